The van der Waals surface area contributed by atoms with Crippen molar-refractivity contribution in [3.63, 3.8) is 0 Å². The largest absolute Gasteiger partial charge is 0.351 e. The zero-order valence-electron chi connectivity index (χ0n) is 13.2. The van der Waals surface area contributed by atoms with E-state index in [-0.39, 0.29) is 42.4 Å². The Morgan fingerprint density at radius 3 is 2.58 bits per heavy atom. The molecule has 0 bridgehead atoms. The molecule has 0 unspecified atom stereocenters. The topological polar surface area (TPSA) is 84.2 Å². The lowest BCUT2D eigenvalue weighted by Crippen LogP contribution is -2.52. The van der Waals surface area contributed by atoms with Gasteiger partial charge in [0.2, 0.25) is 5.91 Å². The molecule has 0 radical (unpaired) electrons. The van der Waals surface area contributed by atoms with Crippen molar-refractivity contribution in [2.24, 2.45) is 5.73 Å². The van der Waals surface area contributed by atoms with E-state index in [1.54, 1.807) is 0 Å². The highest BCUT2D eigenvalue weighted by Crippen LogP contribution is 2.28. The van der Waals surface area contributed by atoms with Crippen LogP contribution in [-0.4, -0.2) is 30.4 Å². The summed E-state index contributed by atoms with van der Waals surface area (Å²) in [6.45, 7) is 0.621. The van der Waals surface area contributed by atoms with Crippen LogP contribution in [0.25, 0.3) is 0 Å². The van der Waals surface area contributed by atoms with E-state index in [0.717, 1.165) is 31.7 Å². The molecule has 4 N–H and O–H groups in total. The van der Waals surface area contributed by atoms with Crippen molar-refractivity contribution in [1.29, 1.82) is 0 Å². The minimum absolute atomic E-state index is 0. The minimum Gasteiger partial charge on any atom is -0.351 e. The second-order valence-corrected chi connectivity index (χ2v) is 6.72. The summed E-state index contributed by atoms with van der Waals surface area (Å²) in [5, 5.41) is 5.62. The van der Waals surface area contributed by atoms with Crippen molar-refractivity contribution in [1.82, 2.24) is 10.6 Å². The Bertz CT molecular complexity index is 595. The van der Waals surface area contributed by atoms with Gasteiger partial charge in [0.1, 0.15) is 5.82 Å². The third-order valence-corrected chi connectivity index (χ3v) is 4.86. The number of hydrogen-bond donors (Lipinski definition) is 3. The van der Waals surface area contributed by atoms with Crippen LogP contribution < -0.4 is 16.4 Å². The molecular formula is C16H22BrClFN3O2. The van der Waals surface area contributed by atoms with E-state index in [1.807, 2.05) is 0 Å². The summed E-state index contributed by atoms with van der Waals surface area (Å²) in [5.41, 5.74) is 5.70. The molecule has 24 heavy (non-hydrogen) atoms. The van der Waals surface area contributed by atoms with Gasteiger partial charge in [0.05, 0.1) is 11.1 Å². The lowest BCUT2D eigenvalue weighted by Gasteiger charge is -2.28. The van der Waals surface area contributed by atoms with Gasteiger partial charge in [-0.25, -0.2) is 4.39 Å². The zero-order chi connectivity index (χ0) is 16.9. The molecule has 1 aromatic rings. The molecule has 0 spiro atoms. The van der Waals surface area contributed by atoms with Gasteiger partial charge in [-0.2, -0.15) is 0 Å². The van der Waals surface area contributed by atoms with Crippen molar-refractivity contribution in [2.45, 2.75) is 37.6 Å². The number of benzene rings is 1. The van der Waals surface area contributed by atoms with Crippen LogP contribution >= 0.6 is 28.3 Å². The predicted octanol–water partition coefficient (Wildman–Crippen LogP) is 2.52. The molecule has 0 atom stereocenters. The number of amides is 2. The summed E-state index contributed by atoms with van der Waals surface area (Å²) in [6.07, 6.45) is 4.11. The molecule has 8 heteroatoms. The van der Waals surface area contributed by atoms with Crippen molar-refractivity contribution in [3.8, 4) is 0 Å². The predicted molar refractivity (Wildman–Crippen MR) is 96.7 cm³/mol. The van der Waals surface area contributed by atoms with E-state index in [2.05, 4.69) is 26.6 Å². The first-order valence-electron chi connectivity index (χ1n) is 7.70. The first-order valence-corrected chi connectivity index (χ1v) is 8.49. The number of nitrogens with one attached hydrogen (secondary N) is 2. The highest BCUT2D eigenvalue weighted by Gasteiger charge is 2.33. The second-order valence-electron chi connectivity index (χ2n) is 5.87. The van der Waals surface area contributed by atoms with E-state index >= 15 is 0 Å². The summed E-state index contributed by atoms with van der Waals surface area (Å²) in [6, 6.07) is 3.89. The highest BCUT2D eigenvalue weighted by molar-refractivity contribution is 9.10. The van der Waals surface area contributed by atoms with Gasteiger partial charge in [-0.15, -0.1) is 12.4 Å². The molecule has 2 amide bonds. The summed E-state index contributed by atoms with van der Waals surface area (Å²) in [5.74, 6) is -1.03. The number of halogens is 3. The third-order valence-electron chi connectivity index (χ3n) is 4.17. The Morgan fingerprint density at radius 1 is 1.29 bits per heavy atom. The number of rotatable bonds is 6. The molecular weight excluding hydrogens is 401 g/mol. The maximum atomic E-state index is 13.2. The lowest BCUT2D eigenvalue weighted by atomic mass is 9.97. The molecule has 1 aliphatic carbocycles. The number of carbonyl (C=O) groups excluding carboxylic acids is 2. The Balaban J connectivity index is 0.00000288. The Labute approximate surface area is 155 Å². The van der Waals surface area contributed by atoms with Crippen LogP contribution in [0.5, 0.6) is 0 Å². The molecule has 0 heterocycles. The van der Waals surface area contributed by atoms with Crippen LogP contribution in [0.3, 0.4) is 0 Å². The van der Waals surface area contributed by atoms with E-state index in [1.165, 1.54) is 12.1 Å². The smallest absolute Gasteiger partial charge is 0.252 e. The molecule has 1 fully saturated rings. The molecule has 0 saturated heterocycles. The molecule has 1 aliphatic rings. The Hall–Kier alpha value is -1.18. The van der Waals surface area contributed by atoms with Gasteiger partial charge in [-0.1, -0.05) is 12.8 Å². The first-order chi connectivity index (χ1) is 11.0. The minimum atomic E-state index is -0.484. The number of hydrogen-bond acceptors (Lipinski definition) is 3. The van der Waals surface area contributed by atoms with Crippen LogP contribution in [0.15, 0.2) is 22.7 Å². The lowest BCUT2D eigenvalue weighted by molar-refractivity contribution is -0.122. The van der Waals surface area contributed by atoms with Gasteiger partial charge in [0.15, 0.2) is 0 Å². The van der Waals surface area contributed by atoms with Gasteiger partial charge in [-0.05, 0) is 47.0 Å². The molecule has 1 saturated carbocycles. The molecule has 1 aromatic carbocycles. The van der Waals surface area contributed by atoms with Gasteiger partial charge in [0.25, 0.3) is 5.91 Å². The SMILES string of the molecule is Cl.NCC1(NC(=O)CCNC(=O)c2cc(F)ccc2Br)CCCC1. The Kier molecular flexibility index (Phi) is 8.12. The summed E-state index contributed by atoms with van der Waals surface area (Å²) in [7, 11) is 0. The quantitative estimate of drug-likeness (QED) is 0.658. The maximum absolute atomic E-state index is 13.2. The van der Waals surface area contributed by atoms with Crippen LogP contribution in [0, 0.1) is 5.82 Å². The molecule has 0 aromatic heterocycles. The fraction of sp³-hybridized carbons (Fsp3) is 0.500. The van der Waals surface area contributed by atoms with E-state index in [9.17, 15) is 14.0 Å². The Morgan fingerprint density at radius 2 is 1.96 bits per heavy atom. The van der Waals surface area contributed by atoms with Crippen molar-refractivity contribution < 1.29 is 14.0 Å². The number of carbonyl (C=O) groups is 2. The summed E-state index contributed by atoms with van der Waals surface area (Å²) >= 11 is 3.21. The molecule has 134 valence electrons. The van der Waals surface area contributed by atoms with Crippen LogP contribution in [-0.2, 0) is 4.79 Å². The number of nitrogens with two attached hydrogens (primary N) is 1. The second kappa shape index (κ2) is 9.34. The van der Waals surface area contributed by atoms with E-state index in [0.29, 0.717) is 11.0 Å². The summed E-state index contributed by atoms with van der Waals surface area (Å²) in [4.78, 5) is 24.0. The highest BCUT2D eigenvalue weighted by atomic mass is 79.9. The van der Waals surface area contributed by atoms with Crippen molar-refractivity contribution in [3.05, 3.63) is 34.1 Å². The van der Waals surface area contributed by atoms with Crippen LogP contribution in [0.1, 0.15) is 42.5 Å². The van der Waals surface area contributed by atoms with Gasteiger partial charge < -0.3 is 16.4 Å². The van der Waals surface area contributed by atoms with Gasteiger partial charge >= 0.3 is 0 Å². The average molecular weight is 423 g/mol. The summed E-state index contributed by atoms with van der Waals surface area (Å²) < 4.78 is 13.7. The van der Waals surface area contributed by atoms with Crippen LogP contribution in [0.4, 0.5) is 4.39 Å². The standard InChI is InChI=1S/C16H21BrFN3O2.ClH/c17-13-4-3-11(18)9-12(13)15(23)20-8-5-14(22)21-16(10-19)6-1-2-7-16;/h3-4,9H,1-2,5-8,10,19H2,(H,20,23)(H,21,22);1H. The molecule has 5 nitrogen and oxygen atoms in total. The van der Waals surface area contributed by atoms with Crippen molar-refractivity contribution >= 4 is 40.2 Å². The average Bonchev–Trinajstić information content (AvgIpc) is 2.98. The normalized spacial score (nSPS) is 15.5. The van der Waals surface area contributed by atoms with Crippen molar-refractivity contribution in [2.75, 3.05) is 13.1 Å². The zero-order valence-corrected chi connectivity index (χ0v) is 15.6. The third kappa shape index (κ3) is 5.43. The fourth-order valence-corrected chi connectivity index (χ4v) is 3.27. The monoisotopic (exact) mass is 421 g/mol. The molecule has 0 aliphatic heterocycles. The van der Waals surface area contributed by atoms with Gasteiger partial charge in [-0.3, -0.25) is 9.59 Å². The maximum Gasteiger partial charge on any atom is 0.252 e. The van der Waals surface area contributed by atoms with E-state index in [4.69, 9.17) is 5.73 Å². The first kappa shape index (κ1) is 20.9. The van der Waals surface area contributed by atoms with Gasteiger partial charge in [0, 0.05) is 24.0 Å². The fourth-order valence-electron chi connectivity index (χ4n) is 2.85. The molecule has 2 rings (SSSR count). The van der Waals surface area contributed by atoms with Crippen LogP contribution in [0.2, 0.25) is 0 Å². The van der Waals surface area contributed by atoms with E-state index < -0.39 is 11.7 Å².